The summed E-state index contributed by atoms with van der Waals surface area (Å²) < 4.78 is 1.02. The summed E-state index contributed by atoms with van der Waals surface area (Å²) >= 11 is 3.48. The molecule has 1 unspecified atom stereocenters. The number of H-pyrrole nitrogens is 1. The van der Waals surface area contributed by atoms with E-state index in [0.29, 0.717) is 6.04 Å². The lowest BCUT2D eigenvalue weighted by Crippen LogP contribution is -2.29. The minimum Gasteiger partial charge on any atom is -0.346 e. The molecule has 3 heterocycles. The molecule has 0 bridgehead atoms. The molecule has 17 heavy (non-hydrogen) atoms. The number of fused-ring (bicyclic) bond motifs is 1. The van der Waals surface area contributed by atoms with E-state index in [2.05, 4.69) is 56.5 Å². The van der Waals surface area contributed by atoms with Crippen LogP contribution in [0, 0.1) is 0 Å². The smallest absolute Gasteiger partial charge is 0.137 e. The molecule has 0 aromatic carbocycles. The molecule has 0 fully saturated rings. The van der Waals surface area contributed by atoms with E-state index in [1.165, 1.54) is 16.5 Å². The molecule has 1 aliphatic rings. The molecule has 0 spiro atoms. The maximum absolute atomic E-state index is 4.37. The van der Waals surface area contributed by atoms with Crippen LogP contribution in [-0.2, 0) is 0 Å². The van der Waals surface area contributed by atoms with Crippen molar-refractivity contribution in [2.24, 2.45) is 0 Å². The first-order valence-electron chi connectivity index (χ1n) is 5.81. The van der Waals surface area contributed by atoms with Gasteiger partial charge in [-0.3, -0.25) is 0 Å². The zero-order valence-corrected chi connectivity index (χ0v) is 11.2. The second kappa shape index (κ2) is 4.27. The van der Waals surface area contributed by atoms with Crippen molar-refractivity contribution in [2.45, 2.75) is 19.4 Å². The molecule has 2 aromatic rings. The van der Waals surface area contributed by atoms with E-state index in [-0.39, 0.29) is 0 Å². The minimum absolute atomic E-state index is 0.448. The molecule has 1 aliphatic heterocycles. The number of aromatic amines is 1. The number of halogens is 1. The van der Waals surface area contributed by atoms with Crippen molar-refractivity contribution in [3.63, 3.8) is 0 Å². The highest BCUT2D eigenvalue weighted by atomic mass is 79.9. The summed E-state index contributed by atoms with van der Waals surface area (Å²) in [6.07, 6.45) is 7.26. The highest BCUT2D eigenvalue weighted by Gasteiger charge is 2.14. The normalized spacial score (nSPS) is 20.6. The molecule has 0 aliphatic carbocycles. The molecule has 0 saturated carbocycles. The maximum Gasteiger partial charge on any atom is 0.137 e. The highest BCUT2D eigenvalue weighted by Crippen LogP contribution is 2.29. The second-order valence-corrected chi connectivity index (χ2v) is 5.35. The van der Waals surface area contributed by atoms with Crippen LogP contribution < -0.4 is 5.32 Å². The predicted octanol–water partition coefficient (Wildman–Crippen LogP) is 3.09. The van der Waals surface area contributed by atoms with Gasteiger partial charge in [0.2, 0.25) is 0 Å². The Kier molecular flexibility index (Phi) is 2.76. The largest absolute Gasteiger partial charge is 0.346 e. The number of hydrogen-bond donors (Lipinski definition) is 2. The van der Waals surface area contributed by atoms with Crippen molar-refractivity contribution in [1.29, 1.82) is 0 Å². The predicted molar refractivity (Wildman–Crippen MR) is 73.9 cm³/mol. The van der Waals surface area contributed by atoms with E-state index in [1.54, 1.807) is 0 Å². The number of nitrogens with one attached hydrogen (secondary N) is 2. The molecule has 1 atom stereocenters. The molecule has 0 amide bonds. The zero-order chi connectivity index (χ0) is 11.8. The van der Waals surface area contributed by atoms with E-state index in [0.717, 1.165) is 23.1 Å². The van der Waals surface area contributed by atoms with Crippen molar-refractivity contribution < 1.29 is 0 Å². The SMILES string of the molecule is CC1C=C(c2c[nH]c3ncc(Br)cc23)CCN1. The average molecular weight is 292 g/mol. The van der Waals surface area contributed by atoms with E-state index in [4.69, 9.17) is 0 Å². The number of hydrogen-bond acceptors (Lipinski definition) is 2. The molecular formula is C13H14BrN3. The van der Waals surface area contributed by atoms with Gasteiger partial charge in [-0.15, -0.1) is 0 Å². The van der Waals surface area contributed by atoms with Crippen LogP contribution >= 0.6 is 15.9 Å². The van der Waals surface area contributed by atoms with Crippen LogP contribution in [0.15, 0.2) is 29.0 Å². The number of aromatic nitrogens is 2. The Bertz CT molecular complexity index is 585. The van der Waals surface area contributed by atoms with Gasteiger partial charge >= 0.3 is 0 Å². The first-order chi connectivity index (χ1) is 8.24. The molecule has 3 rings (SSSR count). The first-order valence-corrected chi connectivity index (χ1v) is 6.60. The van der Waals surface area contributed by atoms with E-state index >= 15 is 0 Å². The standard InChI is InChI=1S/C13H14BrN3/c1-8-4-9(2-3-15-8)12-7-17-13-11(12)5-10(14)6-16-13/h4-8,15H,2-3H2,1H3,(H,16,17). The van der Waals surface area contributed by atoms with Crippen LogP contribution in [0.2, 0.25) is 0 Å². The fraction of sp³-hybridized carbons (Fsp3) is 0.308. The summed E-state index contributed by atoms with van der Waals surface area (Å²) in [6, 6.07) is 2.57. The Hall–Kier alpha value is -1.13. The van der Waals surface area contributed by atoms with Crippen molar-refractivity contribution in [1.82, 2.24) is 15.3 Å². The fourth-order valence-electron chi connectivity index (χ4n) is 2.35. The van der Waals surface area contributed by atoms with Gasteiger partial charge in [0.1, 0.15) is 5.65 Å². The highest BCUT2D eigenvalue weighted by molar-refractivity contribution is 9.10. The monoisotopic (exact) mass is 291 g/mol. The van der Waals surface area contributed by atoms with Crippen molar-refractivity contribution >= 4 is 32.5 Å². The van der Waals surface area contributed by atoms with Gasteiger partial charge in [-0.1, -0.05) is 6.08 Å². The second-order valence-electron chi connectivity index (χ2n) is 4.44. The number of rotatable bonds is 1. The van der Waals surface area contributed by atoms with Crippen molar-refractivity contribution in [2.75, 3.05) is 6.54 Å². The molecule has 2 aromatic heterocycles. The average Bonchev–Trinajstić information content (AvgIpc) is 2.71. The minimum atomic E-state index is 0.448. The first kappa shape index (κ1) is 11.0. The molecule has 4 heteroatoms. The summed E-state index contributed by atoms with van der Waals surface area (Å²) in [7, 11) is 0. The van der Waals surface area contributed by atoms with E-state index < -0.39 is 0 Å². The Balaban J connectivity index is 2.14. The Morgan fingerprint density at radius 1 is 1.47 bits per heavy atom. The lowest BCUT2D eigenvalue weighted by atomic mass is 9.98. The van der Waals surface area contributed by atoms with Gasteiger partial charge in [-0.05, 0) is 47.5 Å². The molecule has 3 nitrogen and oxygen atoms in total. The van der Waals surface area contributed by atoms with Crippen LogP contribution in [0.25, 0.3) is 16.6 Å². The maximum atomic E-state index is 4.37. The Morgan fingerprint density at radius 3 is 3.18 bits per heavy atom. The van der Waals surface area contributed by atoms with Gasteiger partial charge in [-0.2, -0.15) is 0 Å². The van der Waals surface area contributed by atoms with Crippen molar-refractivity contribution in [3.8, 4) is 0 Å². The lowest BCUT2D eigenvalue weighted by Gasteiger charge is -2.19. The third-order valence-corrected chi connectivity index (χ3v) is 3.59. The zero-order valence-electron chi connectivity index (χ0n) is 9.63. The van der Waals surface area contributed by atoms with Gasteiger partial charge < -0.3 is 10.3 Å². The summed E-state index contributed by atoms with van der Waals surface area (Å²) in [5, 5.41) is 4.62. The quantitative estimate of drug-likeness (QED) is 0.848. The molecular weight excluding hydrogens is 278 g/mol. The molecule has 0 saturated heterocycles. The van der Waals surface area contributed by atoms with Crippen molar-refractivity contribution in [3.05, 3.63) is 34.6 Å². The Labute approximate surface area is 108 Å². The molecule has 0 radical (unpaired) electrons. The topological polar surface area (TPSA) is 40.7 Å². The van der Waals surface area contributed by atoms with Crippen LogP contribution in [0.5, 0.6) is 0 Å². The summed E-state index contributed by atoms with van der Waals surface area (Å²) in [4.78, 5) is 7.60. The van der Waals surface area contributed by atoms with Crippen LogP contribution in [-0.4, -0.2) is 22.6 Å². The summed E-state index contributed by atoms with van der Waals surface area (Å²) in [5.74, 6) is 0. The van der Waals surface area contributed by atoms with E-state index in [9.17, 15) is 0 Å². The van der Waals surface area contributed by atoms with Gasteiger partial charge in [0.25, 0.3) is 0 Å². The number of nitrogens with zero attached hydrogens (tertiary/aromatic N) is 1. The summed E-state index contributed by atoms with van der Waals surface area (Å²) in [6.45, 7) is 3.23. The third kappa shape index (κ3) is 2.03. The van der Waals surface area contributed by atoms with E-state index in [1.807, 2.05) is 6.20 Å². The van der Waals surface area contributed by atoms with Crippen LogP contribution in [0.3, 0.4) is 0 Å². The van der Waals surface area contributed by atoms with Gasteiger partial charge in [0.05, 0.1) is 0 Å². The van der Waals surface area contributed by atoms with Gasteiger partial charge in [0.15, 0.2) is 0 Å². The fourth-order valence-corrected chi connectivity index (χ4v) is 2.68. The summed E-state index contributed by atoms with van der Waals surface area (Å²) in [5.41, 5.74) is 3.64. The van der Waals surface area contributed by atoms with Crippen LogP contribution in [0.4, 0.5) is 0 Å². The molecule has 88 valence electrons. The van der Waals surface area contributed by atoms with Crippen LogP contribution in [0.1, 0.15) is 18.9 Å². The van der Waals surface area contributed by atoms with Gasteiger partial charge in [0, 0.05) is 33.9 Å². The third-order valence-electron chi connectivity index (χ3n) is 3.16. The lowest BCUT2D eigenvalue weighted by molar-refractivity contribution is 0.621. The van der Waals surface area contributed by atoms with Gasteiger partial charge in [-0.25, -0.2) is 4.98 Å². The number of pyridine rings is 1. The Morgan fingerprint density at radius 2 is 2.35 bits per heavy atom. The molecule has 2 N–H and O–H groups in total.